The lowest BCUT2D eigenvalue weighted by molar-refractivity contribution is -0.761. The van der Waals surface area contributed by atoms with Crippen molar-refractivity contribution in [2.45, 2.75) is 34.6 Å². The van der Waals surface area contributed by atoms with Crippen LogP contribution < -0.4 is 10.1 Å². The molecule has 0 saturated carbocycles. The van der Waals surface area contributed by atoms with Crippen molar-refractivity contribution in [2.24, 2.45) is 11.8 Å². The van der Waals surface area contributed by atoms with Gasteiger partial charge in [-0.2, -0.15) is 5.26 Å². The minimum Gasteiger partial charge on any atom is -0.626 e. The van der Waals surface area contributed by atoms with Gasteiger partial charge in [-0.15, -0.1) is 0 Å². The molecule has 5 rings (SSSR count). The van der Waals surface area contributed by atoms with E-state index in [0.717, 1.165) is 43.3 Å². The smallest absolute Gasteiger partial charge is 0.344 e. The maximum atomic E-state index is 13.3. The predicted molar refractivity (Wildman–Crippen MR) is 154 cm³/mol. The van der Waals surface area contributed by atoms with Gasteiger partial charge in [0, 0.05) is 22.6 Å². The number of carbonyl (C=O) groups is 2. The van der Waals surface area contributed by atoms with E-state index in [1.54, 1.807) is 18.2 Å². The number of benzene rings is 5. The molecular formula is C32H31N3O4. The molecule has 39 heavy (non-hydrogen) atoms. The highest BCUT2D eigenvalue weighted by molar-refractivity contribution is 6.36. The van der Waals surface area contributed by atoms with E-state index in [1.807, 2.05) is 65.0 Å². The van der Waals surface area contributed by atoms with Gasteiger partial charge >= 0.3 is 11.8 Å². The molecule has 2 unspecified atom stereocenters. The molecule has 0 saturated heterocycles. The summed E-state index contributed by atoms with van der Waals surface area (Å²) in [5, 5.41) is 40.8. The number of rotatable bonds is 6. The number of amides is 2. The molecule has 7 heteroatoms. The van der Waals surface area contributed by atoms with Crippen molar-refractivity contribution in [1.29, 1.82) is 5.26 Å². The van der Waals surface area contributed by atoms with Crippen LogP contribution in [0.3, 0.4) is 0 Å². The van der Waals surface area contributed by atoms with Crippen LogP contribution in [0.5, 0.6) is 0 Å². The second-order valence-electron chi connectivity index (χ2n) is 11.2. The van der Waals surface area contributed by atoms with Crippen molar-refractivity contribution in [1.82, 2.24) is 0 Å². The Morgan fingerprint density at radius 3 is 1.56 bits per heavy atom. The number of nitrogens with one attached hydrogen (secondary N) is 2. The first-order valence-electron chi connectivity index (χ1n) is 13.3. The maximum absolute atomic E-state index is 13.3. The van der Waals surface area contributed by atoms with Gasteiger partial charge in [0.1, 0.15) is 0 Å². The average molecular weight is 522 g/mol. The molecule has 0 aliphatic rings. The normalized spacial score (nSPS) is 13.6. The molecule has 2 atom stereocenters. The van der Waals surface area contributed by atoms with Crippen molar-refractivity contribution in [3.8, 4) is 6.07 Å². The van der Waals surface area contributed by atoms with Crippen LogP contribution in [0.25, 0.3) is 43.1 Å². The SMILES string of the molecule is Cc1ccc2c3ccc(C(=O)[NH+]([O-])CC(C)C)c4c(C#N)ccc(c5ccc(C(=O)[NH+]([O-])CC(C)C)c1c52)c43. The molecule has 0 aliphatic heterocycles. The summed E-state index contributed by atoms with van der Waals surface area (Å²) < 4.78 is 0. The van der Waals surface area contributed by atoms with Crippen LogP contribution in [0.2, 0.25) is 0 Å². The molecule has 0 spiro atoms. The zero-order chi connectivity index (χ0) is 28.2. The number of hydrogen-bond acceptors (Lipinski definition) is 5. The van der Waals surface area contributed by atoms with Crippen LogP contribution in [0.15, 0.2) is 48.5 Å². The van der Waals surface area contributed by atoms with Gasteiger partial charge in [-0.05, 0) is 63.0 Å². The van der Waals surface area contributed by atoms with Crippen LogP contribution in [-0.2, 0) is 0 Å². The van der Waals surface area contributed by atoms with Gasteiger partial charge in [-0.25, -0.2) is 9.59 Å². The second kappa shape index (κ2) is 9.99. The fourth-order valence-corrected chi connectivity index (χ4v) is 5.76. The van der Waals surface area contributed by atoms with Crippen LogP contribution in [0.4, 0.5) is 0 Å². The minimum atomic E-state index is -0.589. The maximum Gasteiger partial charge on any atom is 0.344 e. The van der Waals surface area contributed by atoms with Crippen LogP contribution in [0, 0.1) is 40.5 Å². The topological polar surface area (TPSA) is 113 Å². The summed E-state index contributed by atoms with van der Waals surface area (Å²) in [5.41, 5.74) is 1.83. The Morgan fingerprint density at radius 1 is 0.692 bits per heavy atom. The molecule has 0 aliphatic carbocycles. The Kier molecular flexibility index (Phi) is 6.83. The largest absolute Gasteiger partial charge is 0.626 e. The average Bonchev–Trinajstić information content (AvgIpc) is 2.90. The zero-order valence-electron chi connectivity index (χ0n) is 22.8. The van der Waals surface area contributed by atoms with Gasteiger partial charge in [0.2, 0.25) is 0 Å². The lowest BCUT2D eigenvalue weighted by Gasteiger charge is -2.24. The Hall–Kier alpha value is -3.93. The number of hydrogen-bond donors (Lipinski definition) is 2. The summed E-state index contributed by atoms with van der Waals surface area (Å²) in [4.78, 5) is 26.6. The molecule has 198 valence electrons. The third kappa shape index (κ3) is 4.32. The van der Waals surface area contributed by atoms with Gasteiger partial charge in [-0.1, -0.05) is 58.0 Å². The van der Waals surface area contributed by atoms with Crippen molar-refractivity contribution in [2.75, 3.05) is 13.1 Å². The van der Waals surface area contributed by atoms with Gasteiger partial charge in [0.15, 0.2) is 0 Å². The first-order chi connectivity index (χ1) is 18.5. The summed E-state index contributed by atoms with van der Waals surface area (Å²) in [6, 6.07) is 16.7. The van der Waals surface area contributed by atoms with Crippen molar-refractivity contribution >= 4 is 54.9 Å². The number of quaternary nitrogens is 2. The summed E-state index contributed by atoms with van der Waals surface area (Å²) >= 11 is 0. The number of fused-ring (bicyclic) bond motifs is 2. The van der Waals surface area contributed by atoms with Gasteiger partial charge in [0.05, 0.1) is 35.8 Å². The first kappa shape index (κ1) is 26.7. The number of carbonyl (C=O) groups excluding carboxylic acids is 2. The quantitative estimate of drug-likeness (QED) is 0.197. The highest BCUT2D eigenvalue weighted by atomic mass is 16.5. The Morgan fingerprint density at radius 2 is 1.10 bits per heavy atom. The van der Waals surface area contributed by atoms with Crippen molar-refractivity contribution in [3.63, 3.8) is 0 Å². The van der Waals surface area contributed by atoms with E-state index in [9.17, 15) is 25.3 Å². The molecule has 0 heterocycles. The Balaban J connectivity index is 1.87. The molecule has 0 bridgehead atoms. The molecule has 5 aromatic carbocycles. The molecular weight excluding hydrogens is 490 g/mol. The molecule has 0 fully saturated rings. The molecule has 2 amide bonds. The molecule has 7 nitrogen and oxygen atoms in total. The summed E-state index contributed by atoms with van der Waals surface area (Å²) in [7, 11) is 0. The van der Waals surface area contributed by atoms with Gasteiger partial charge in [0.25, 0.3) is 0 Å². The lowest BCUT2D eigenvalue weighted by Crippen LogP contribution is -3.10. The molecule has 5 aromatic rings. The van der Waals surface area contributed by atoms with Crippen LogP contribution in [0.1, 0.15) is 59.5 Å². The van der Waals surface area contributed by atoms with E-state index in [2.05, 4.69) is 6.07 Å². The fraction of sp³-hybridized carbons (Fsp3) is 0.281. The van der Waals surface area contributed by atoms with E-state index in [-0.39, 0.29) is 30.5 Å². The highest BCUT2D eigenvalue weighted by Crippen LogP contribution is 2.43. The number of nitriles is 1. The monoisotopic (exact) mass is 521 g/mol. The van der Waals surface area contributed by atoms with Crippen LogP contribution >= 0.6 is 0 Å². The van der Waals surface area contributed by atoms with Crippen molar-refractivity contribution in [3.05, 3.63) is 81.2 Å². The van der Waals surface area contributed by atoms with E-state index in [4.69, 9.17) is 0 Å². The standard InChI is InChI=1S/C32H31N3O4/c1-17(2)15-34(38)31(36)25-12-10-23-22-9-7-20(14-33)28-26(32(37)35(39)16-18(3)4)13-11-24(30(22)28)21-8-6-19(5)27(25)29(21)23/h6-13,17-18,34-35H,15-16H2,1-5H3. The minimum absolute atomic E-state index is 0.0360. The van der Waals surface area contributed by atoms with E-state index in [0.29, 0.717) is 16.5 Å². The third-order valence-electron chi connectivity index (χ3n) is 7.41. The Labute approximate surface area is 226 Å². The lowest BCUT2D eigenvalue weighted by atomic mass is 9.84. The Bertz CT molecular complexity index is 1800. The van der Waals surface area contributed by atoms with Gasteiger partial charge < -0.3 is 20.5 Å². The molecule has 2 N–H and O–H groups in total. The summed E-state index contributed by atoms with van der Waals surface area (Å²) in [6.07, 6.45) is 0. The second-order valence-corrected chi connectivity index (χ2v) is 11.2. The third-order valence-corrected chi connectivity index (χ3v) is 7.41. The van der Waals surface area contributed by atoms with E-state index < -0.39 is 21.9 Å². The number of hydroxylamine groups is 4. The van der Waals surface area contributed by atoms with E-state index >= 15 is 0 Å². The molecule has 0 aromatic heterocycles. The summed E-state index contributed by atoms with van der Waals surface area (Å²) in [6.45, 7) is 9.85. The van der Waals surface area contributed by atoms with E-state index in [1.165, 1.54) is 0 Å². The predicted octanol–water partition coefficient (Wildman–Crippen LogP) is 4.28. The zero-order valence-corrected chi connectivity index (χ0v) is 22.8. The highest BCUT2D eigenvalue weighted by Gasteiger charge is 2.26. The fourth-order valence-electron chi connectivity index (χ4n) is 5.76. The summed E-state index contributed by atoms with van der Waals surface area (Å²) in [5.74, 6) is -0.969. The number of nitrogens with zero attached hydrogens (tertiary/aromatic N) is 1. The molecule has 0 radical (unpaired) electrons. The number of aryl methyl sites for hydroxylation is 1. The van der Waals surface area contributed by atoms with Crippen molar-refractivity contribution < 1.29 is 19.7 Å². The van der Waals surface area contributed by atoms with Gasteiger partial charge in [-0.3, -0.25) is 0 Å². The van der Waals surface area contributed by atoms with Crippen LogP contribution in [-0.4, -0.2) is 24.9 Å². The first-order valence-corrected chi connectivity index (χ1v) is 13.3.